The first-order valence-corrected chi connectivity index (χ1v) is 9.94. The van der Waals surface area contributed by atoms with Crippen LogP contribution in [0, 0.1) is 5.92 Å². The molecule has 1 saturated heterocycles. The topological polar surface area (TPSA) is 70.5 Å². The molecule has 1 aromatic carbocycles. The van der Waals surface area contributed by atoms with Crippen molar-refractivity contribution in [1.82, 2.24) is 9.88 Å². The van der Waals surface area contributed by atoms with E-state index in [1.807, 2.05) is 17.0 Å². The van der Waals surface area contributed by atoms with Gasteiger partial charge >= 0.3 is 0 Å². The molecule has 2 aromatic rings. The Balaban J connectivity index is 1.51. The van der Waals surface area contributed by atoms with E-state index in [-0.39, 0.29) is 11.7 Å². The van der Waals surface area contributed by atoms with Crippen molar-refractivity contribution < 1.29 is 14.7 Å². The Kier molecular flexibility index (Phi) is 7.47. The highest BCUT2D eigenvalue weighted by Crippen LogP contribution is 2.22. The van der Waals surface area contributed by atoms with E-state index in [1.165, 1.54) is 11.6 Å². The van der Waals surface area contributed by atoms with E-state index in [9.17, 15) is 9.59 Å². The number of benzene rings is 1. The van der Waals surface area contributed by atoms with Crippen LogP contribution in [0.2, 0.25) is 0 Å². The van der Waals surface area contributed by atoms with Gasteiger partial charge in [0.05, 0.1) is 11.4 Å². The van der Waals surface area contributed by atoms with Gasteiger partial charge in [-0.15, -0.1) is 0 Å². The van der Waals surface area contributed by atoms with E-state index in [1.54, 1.807) is 30.4 Å². The zero-order valence-corrected chi connectivity index (χ0v) is 16.4. The minimum Gasteiger partial charge on any atom is -0.388 e. The zero-order chi connectivity index (χ0) is 20.5. The number of piperidine rings is 1. The Labute approximate surface area is 171 Å². The van der Waals surface area contributed by atoms with Gasteiger partial charge in [0.1, 0.15) is 6.61 Å². The molecule has 5 nitrogen and oxygen atoms in total. The standard InChI is InChI=1S/C24H26N2O3/c27-18-23(28)11-9-21-7-4-8-22(25-21)10-12-24(29)26-15-13-20(14-16-26)17-19-5-2-1-3-6-19/h1-12,20,27H,13-18H2/b11-9+,12-10+. The largest absolute Gasteiger partial charge is 0.388 e. The van der Waals surface area contributed by atoms with Gasteiger partial charge in [-0.2, -0.15) is 0 Å². The van der Waals surface area contributed by atoms with Gasteiger partial charge < -0.3 is 10.0 Å². The third-order valence-electron chi connectivity index (χ3n) is 5.08. The molecule has 0 radical (unpaired) electrons. The first-order valence-electron chi connectivity index (χ1n) is 9.94. The van der Waals surface area contributed by atoms with Crippen molar-refractivity contribution in [1.29, 1.82) is 0 Å². The molecule has 150 valence electrons. The van der Waals surface area contributed by atoms with E-state index in [2.05, 4.69) is 29.2 Å². The van der Waals surface area contributed by atoms with Crippen LogP contribution in [0.1, 0.15) is 29.8 Å². The predicted octanol–water partition coefficient (Wildman–Crippen LogP) is 3.15. The maximum atomic E-state index is 12.5. The van der Waals surface area contributed by atoms with Crippen LogP contribution in [-0.4, -0.2) is 46.4 Å². The number of rotatable bonds is 7. The third-order valence-corrected chi connectivity index (χ3v) is 5.08. The summed E-state index contributed by atoms with van der Waals surface area (Å²) in [6.07, 6.45) is 9.21. The number of ketones is 1. The quantitative estimate of drug-likeness (QED) is 0.738. The van der Waals surface area contributed by atoms with Crippen molar-refractivity contribution in [3.8, 4) is 0 Å². The number of aliphatic hydroxyl groups excluding tert-OH is 1. The first-order chi connectivity index (χ1) is 14.1. The molecule has 1 fully saturated rings. The summed E-state index contributed by atoms with van der Waals surface area (Å²) in [5.74, 6) is 0.247. The van der Waals surface area contributed by atoms with Gasteiger partial charge in [0.15, 0.2) is 5.78 Å². The van der Waals surface area contributed by atoms with Crippen LogP contribution < -0.4 is 0 Å². The summed E-state index contributed by atoms with van der Waals surface area (Å²) >= 11 is 0. The van der Waals surface area contributed by atoms with Crippen LogP contribution in [0.4, 0.5) is 0 Å². The number of aliphatic hydroxyl groups is 1. The first kappa shape index (κ1) is 20.7. The van der Waals surface area contributed by atoms with Gasteiger partial charge in [0.2, 0.25) is 5.91 Å². The number of aromatic nitrogens is 1. The van der Waals surface area contributed by atoms with Crippen molar-refractivity contribution in [2.24, 2.45) is 5.92 Å². The second-order valence-electron chi connectivity index (χ2n) is 7.24. The van der Waals surface area contributed by atoms with Crippen molar-refractivity contribution in [3.05, 3.63) is 77.6 Å². The van der Waals surface area contributed by atoms with Crippen LogP contribution in [0.3, 0.4) is 0 Å². The molecule has 1 aliphatic heterocycles. The highest BCUT2D eigenvalue weighted by atomic mass is 16.3. The Bertz CT molecular complexity index is 882. The van der Waals surface area contributed by atoms with Crippen LogP contribution in [0.5, 0.6) is 0 Å². The van der Waals surface area contributed by atoms with Crippen molar-refractivity contribution >= 4 is 23.8 Å². The lowest BCUT2D eigenvalue weighted by Gasteiger charge is -2.31. The van der Waals surface area contributed by atoms with Gasteiger partial charge in [0.25, 0.3) is 0 Å². The molecule has 1 N–H and O–H groups in total. The summed E-state index contributed by atoms with van der Waals surface area (Å²) in [5.41, 5.74) is 2.61. The van der Waals surface area contributed by atoms with Gasteiger partial charge in [-0.25, -0.2) is 4.98 Å². The third kappa shape index (κ3) is 6.50. The van der Waals surface area contributed by atoms with Gasteiger partial charge in [-0.3, -0.25) is 9.59 Å². The summed E-state index contributed by atoms with van der Waals surface area (Å²) in [7, 11) is 0. The molecule has 5 heteroatoms. The average molecular weight is 390 g/mol. The van der Waals surface area contributed by atoms with Crippen LogP contribution in [0.15, 0.2) is 60.7 Å². The van der Waals surface area contributed by atoms with E-state index in [0.717, 1.165) is 32.4 Å². The number of hydrogen-bond donors (Lipinski definition) is 1. The van der Waals surface area contributed by atoms with E-state index < -0.39 is 6.61 Å². The maximum Gasteiger partial charge on any atom is 0.246 e. The summed E-state index contributed by atoms with van der Waals surface area (Å²) in [6.45, 7) is 1.03. The van der Waals surface area contributed by atoms with Crippen molar-refractivity contribution in [2.75, 3.05) is 19.7 Å². The molecule has 0 unspecified atom stereocenters. The lowest BCUT2D eigenvalue weighted by Crippen LogP contribution is -2.37. The zero-order valence-electron chi connectivity index (χ0n) is 16.4. The van der Waals surface area contributed by atoms with Crippen molar-refractivity contribution in [2.45, 2.75) is 19.3 Å². The van der Waals surface area contributed by atoms with Crippen LogP contribution >= 0.6 is 0 Å². The predicted molar refractivity (Wildman–Crippen MR) is 114 cm³/mol. The summed E-state index contributed by atoms with van der Waals surface area (Å²) in [5, 5.41) is 8.75. The van der Waals surface area contributed by atoms with Gasteiger partial charge in [0, 0.05) is 19.2 Å². The molecule has 29 heavy (non-hydrogen) atoms. The smallest absolute Gasteiger partial charge is 0.246 e. The molecule has 2 heterocycles. The maximum absolute atomic E-state index is 12.5. The Morgan fingerprint density at radius 2 is 1.62 bits per heavy atom. The molecule has 1 amide bonds. The lowest BCUT2D eigenvalue weighted by atomic mass is 9.90. The minimum atomic E-state index is -0.521. The molecular weight excluding hydrogens is 364 g/mol. The van der Waals surface area contributed by atoms with E-state index >= 15 is 0 Å². The second-order valence-corrected chi connectivity index (χ2v) is 7.24. The second kappa shape index (κ2) is 10.5. The minimum absolute atomic E-state index is 0.00126. The number of nitrogens with zero attached hydrogens (tertiary/aromatic N) is 2. The number of likely N-dealkylation sites (tertiary alicyclic amines) is 1. The van der Waals surface area contributed by atoms with Crippen LogP contribution in [0.25, 0.3) is 12.2 Å². The Morgan fingerprint density at radius 3 is 2.28 bits per heavy atom. The highest BCUT2D eigenvalue weighted by Gasteiger charge is 2.21. The highest BCUT2D eigenvalue weighted by molar-refractivity contribution is 5.94. The lowest BCUT2D eigenvalue weighted by molar-refractivity contribution is -0.127. The normalized spacial score (nSPS) is 15.3. The fraction of sp³-hybridized carbons (Fsp3) is 0.292. The molecule has 3 rings (SSSR count). The molecule has 0 spiro atoms. The molecule has 1 aliphatic rings. The molecule has 0 bridgehead atoms. The summed E-state index contributed by atoms with van der Waals surface area (Å²) < 4.78 is 0. The Morgan fingerprint density at radius 1 is 0.966 bits per heavy atom. The number of carbonyl (C=O) groups excluding carboxylic acids is 2. The number of amides is 1. The van der Waals surface area contributed by atoms with Gasteiger partial charge in [-0.1, -0.05) is 36.4 Å². The Hall–Kier alpha value is -3.05. The average Bonchev–Trinajstić information content (AvgIpc) is 2.77. The molecular formula is C24H26N2O3. The monoisotopic (exact) mass is 390 g/mol. The fourth-order valence-electron chi connectivity index (χ4n) is 3.45. The molecule has 0 saturated carbocycles. The van der Waals surface area contributed by atoms with Gasteiger partial charge in [-0.05, 0) is 61.1 Å². The summed E-state index contributed by atoms with van der Waals surface area (Å²) in [6, 6.07) is 15.9. The van der Waals surface area contributed by atoms with Crippen LogP contribution in [-0.2, 0) is 16.0 Å². The number of carbonyl (C=O) groups is 2. The number of pyridine rings is 1. The van der Waals surface area contributed by atoms with E-state index in [0.29, 0.717) is 17.3 Å². The number of hydrogen-bond acceptors (Lipinski definition) is 4. The summed E-state index contributed by atoms with van der Waals surface area (Å²) in [4.78, 5) is 29.9. The SMILES string of the molecule is O=C(/C=C/c1cccc(/C=C/C(=O)N2CCC(Cc3ccccc3)CC2)n1)CO. The van der Waals surface area contributed by atoms with Crippen molar-refractivity contribution in [3.63, 3.8) is 0 Å². The molecule has 1 aromatic heterocycles. The molecule has 0 atom stereocenters. The molecule has 0 aliphatic carbocycles. The van der Waals surface area contributed by atoms with E-state index in [4.69, 9.17) is 5.11 Å². The fourth-order valence-corrected chi connectivity index (χ4v) is 3.45.